The first-order valence-corrected chi connectivity index (χ1v) is 11.7. The minimum absolute atomic E-state index is 0.0202. The number of methoxy groups -OCH3 is 1. The van der Waals surface area contributed by atoms with E-state index in [9.17, 15) is 13.2 Å². The van der Waals surface area contributed by atoms with Gasteiger partial charge in [-0.1, -0.05) is 6.07 Å². The Morgan fingerprint density at radius 1 is 1.13 bits per heavy atom. The number of anilines is 1. The van der Waals surface area contributed by atoms with Crippen LogP contribution in [0.2, 0.25) is 0 Å². The maximum absolute atomic E-state index is 12.7. The van der Waals surface area contributed by atoms with Crippen LogP contribution in [0.25, 0.3) is 0 Å². The van der Waals surface area contributed by atoms with Crippen molar-refractivity contribution in [2.75, 3.05) is 38.0 Å². The maximum Gasteiger partial charge on any atom is 0.261 e. The highest BCUT2D eigenvalue weighted by atomic mass is 32.2. The lowest BCUT2D eigenvalue weighted by molar-refractivity contribution is -0.0672. The van der Waals surface area contributed by atoms with E-state index in [1.54, 1.807) is 36.4 Å². The van der Waals surface area contributed by atoms with Gasteiger partial charge in [-0.2, -0.15) is 0 Å². The summed E-state index contributed by atoms with van der Waals surface area (Å²) >= 11 is 0. The summed E-state index contributed by atoms with van der Waals surface area (Å²) in [4.78, 5) is 14.8. The zero-order valence-corrected chi connectivity index (χ0v) is 18.8. The molecule has 0 radical (unpaired) electrons. The fourth-order valence-corrected chi connectivity index (χ4v) is 4.68. The Hall–Kier alpha value is -2.62. The number of hydrogen-bond acceptors (Lipinski definition) is 6. The molecule has 0 spiro atoms. The summed E-state index contributed by atoms with van der Waals surface area (Å²) in [5.41, 5.74) is 0.700. The van der Waals surface area contributed by atoms with Crippen LogP contribution < -0.4 is 14.8 Å². The number of nitrogens with one attached hydrogen (secondary N) is 2. The molecule has 0 aliphatic carbocycles. The molecule has 2 N–H and O–H groups in total. The van der Waals surface area contributed by atoms with Crippen molar-refractivity contribution < 1.29 is 22.7 Å². The van der Waals surface area contributed by atoms with Gasteiger partial charge < -0.3 is 14.8 Å². The molecule has 1 heterocycles. The number of benzene rings is 2. The summed E-state index contributed by atoms with van der Waals surface area (Å²) in [5, 5.41) is 2.87. The number of rotatable bonds is 8. The molecular weight excluding hydrogens is 418 g/mol. The van der Waals surface area contributed by atoms with Crippen molar-refractivity contribution >= 4 is 21.6 Å². The van der Waals surface area contributed by atoms with E-state index < -0.39 is 10.0 Å². The van der Waals surface area contributed by atoms with Crippen LogP contribution >= 0.6 is 0 Å². The third kappa shape index (κ3) is 6.43. The van der Waals surface area contributed by atoms with E-state index in [4.69, 9.17) is 9.47 Å². The monoisotopic (exact) mass is 447 g/mol. The topological polar surface area (TPSA) is 97.0 Å². The number of nitrogens with zero attached hydrogens (tertiary/aromatic N) is 1. The number of sulfonamides is 1. The lowest BCUT2D eigenvalue weighted by atomic mass is 10.2. The van der Waals surface area contributed by atoms with Crippen LogP contribution in [0.5, 0.6) is 5.75 Å². The van der Waals surface area contributed by atoms with E-state index in [0.29, 0.717) is 30.1 Å². The fourth-order valence-electron chi connectivity index (χ4n) is 3.57. The Bertz CT molecular complexity index is 984. The van der Waals surface area contributed by atoms with E-state index >= 15 is 0 Å². The minimum atomic E-state index is -3.83. The van der Waals surface area contributed by atoms with Gasteiger partial charge in [-0.25, -0.2) is 8.42 Å². The molecule has 9 heteroatoms. The van der Waals surface area contributed by atoms with Crippen molar-refractivity contribution in [1.82, 2.24) is 10.2 Å². The first-order valence-electron chi connectivity index (χ1n) is 10.2. The number of hydrogen-bond donors (Lipinski definition) is 2. The zero-order valence-electron chi connectivity index (χ0n) is 18.0. The fraction of sp³-hybridized carbons (Fsp3) is 0.409. The van der Waals surface area contributed by atoms with Gasteiger partial charge in [-0.3, -0.25) is 14.4 Å². The van der Waals surface area contributed by atoms with E-state index in [1.165, 1.54) is 19.2 Å². The van der Waals surface area contributed by atoms with E-state index in [1.807, 2.05) is 13.8 Å². The van der Waals surface area contributed by atoms with Crippen molar-refractivity contribution in [2.45, 2.75) is 31.0 Å². The van der Waals surface area contributed by atoms with E-state index in [0.717, 1.165) is 13.1 Å². The van der Waals surface area contributed by atoms with Gasteiger partial charge in [0, 0.05) is 37.4 Å². The van der Waals surface area contributed by atoms with Crippen molar-refractivity contribution in [1.29, 1.82) is 0 Å². The van der Waals surface area contributed by atoms with Gasteiger partial charge >= 0.3 is 0 Å². The molecule has 2 atom stereocenters. The van der Waals surface area contributed by atoms with Gasteiger partial charge in [0.2, 0.25) is 0 Å². The molecule has 168 valence electrons. The first-order chi connectivity index (χ1) is 14.8. The molecule has 8 nitrogen and oxygen atoms in total. The summed E-state index contributed by atoms with van der Waals surface area (Å²) in [6, 6.07) is 12.5. The van der Waals surface area contributed by atoms with Gasteiger partial charge in [-0.15, -0.1) is 0 Å². The lowest BCUT2D eigenvalue weighted by Gasteiger charge is -2.35. The molecule has 0 aromatic heterocycles. The number of ether oxygens (including phenoxy) is 2. The third-order valence-corrected chi connectivity index (χ3v) is 6.34. The van der Waals surface area contributed by atoms with E-state index in [2.05, 4.69) is 14.9 Å². The van der Waals surface area contributed by atoms with Crippen LogP contribution in [0, 0.1) is 0 Å². The largest absolute Gasteiger partial charge is 0.497 e. The molecule has 0 bridgehead atoms. The average molecular weight is 448 g/mol. The number of carbonyl (C=O) groups excluding carboxylic acids is 1. The lowest BCUT2D eigenvalue weighted by Crippen LogP contribution is -2.47. The zero-order chi connectivity index (χ0) is 22.4. The molecule has 31 heavy (non-hydrogen) atoms. The normalized spacial score (nSPS) is 19.6. The van der Waals surface area contributed by atoms with Crippen molar-refractivity contribution in [2.24, 2.45) is 0 Å². The van der Waals surface area contributed by atoms with E-state index in [-0.39, 0.29) is 23.0 Å². The molecule has 1 saturated heterocycles. The van der Waals surface area contributed by atoms with Gasteiger partial charge in [0.1, 0.15) is 5.75 Å². The van der Waals surface area contributed by atoms with Gasteiger partial charge in [-0.05, 0) is 56.3 Å². The first kappa shape index (κ1) is 23.1. The second kappa shape index (κ2) is 10.1. The second-order valence-electron chi connectivity index (χ2n) is 7.63. The van der Waals surface area contributed by atoms with Crippen molar-refractivity contribution in [3.8, 4) is 5.75 Å². The Morgan fingerprint density at radius 3 is 2.45 bits per heavy atom. The van der Waals surface area contributed by atoms with Gasteiger partial charge in [0.05, 0.1) is 24.2 Å². The number of amides is 1. The summed E-state index contributed by atoms with van der Waals surface area (Å²) in [5.74, 6) is 0.318. The van der Waals surface area contributed by atoms with Crippen molar-refractivity contribution in [3.05, 3.63) is 54.1 Å². The smallest absolute Gasteiger partial charge is 0.261 e. The molecule has 1 fully saturated rings. The number of morpholine rings is 1. The summed E-state index contributed by atoms with van der Waals surface area (Å²) in [6.45, 7) is 6.90. The highest BCUT2D eigenvalue weighted by Gasteiger charge is 2.22. The summed E-state index contributed by atoms with van der Waals surface area (Å²) in [6.07, 6.45) is 0.332. The minimum Gasteiger partial charge on any atom is -0.497 e. The van der Waals surface area contributed by atoms with Gasteiger partial charge in [0.15, 0.2) is 0 Å². The maximum atomic E-state index is 12.7. The SMILES string of the molecule is COc1ccc(NS(=O)(=O)c2cccc(C(=O)NCCN3CC(C)OC(C)C3)c2)cc1. The third-order valence-electron chi connectivity index (χ3n) is 4.96. The van der Waals surface area contributed by atoms with Crippen LogP contribution in [-0.4, -0.2) is 64.7 Å². The van der Waals surface area contributed by atoms with Crippen LogP contribution in [0.3, 0.4) is 0 Å². The highest BCUT2D eigenvalue weighted by molar-refractivity contribution is 7.92. The molecule has 3 rings (SSSR count). The summed E-state index contributed by atoms with van der Waals surface area (Å²) in [7, 11) is -2.29. The Morgan fingerprint density at radius 2 is 1.81 bits per heavy atom. The predicted octanol–water partition coefficient (Wildman–Crippen LogP) is 2.33. The van der Waals surface area contributed by atoms with Crippen LogP contribution in [0.1, 0.15) is 24.2 Å². The molecule has 2 aromatic carbocycles. The summed E-state index contributed by atoms with van der Waals surface area (Å²) < 4.78 is 38.7. The Balaban J connectivity index is 1.59. The average Bonchev–Trinajstić information content (AvgIpc) is 2.73. The molecule has 2 unspecified atom stereocenters. The van der Waals surface area contributed by atoms with Crippen LogP contribution in [0.15, 0.2) is 53.4 Å². The quantitative estimate of drug-likeness (QED) is 0.645. The molecule has 1 amide bonds. The molecular formula is C22H29N3O5S. The van der Waals surface area contributed by atoms with Gasteiger partial charge in [0.25, 0.3) is 15.9 Å². The highest BCUT2D eigenvalue weighted by Crippen LogP contribution is 2.20. The molecule has 2 aromatic rings. The molecule has 0 saturated carbocycles. The Kier molecular flexibility index (Phi) is 7.53. The van der Waals surface area contributed by atoms with Crippen LogP contribution in [-0.2, 0) is 14.8 Å². The standard InChI is InChI=1S/C22H29N3O5S/c1-16-14-25(15-17(2)30-16)12-11-23-22(26)18-5-4-6-21(13-18)31(27,28)24-19-7-9-20(29-3)10-8-19/h4-10,13,16-17,24H,11-12,14-15H2,1-3H3,(H,23,26). The number of carbonyl (C=O) groups is 1. The predicted molar refractivity (Wildman–Crippen MR) is 119 cm³/mol. The second-order valence-corrected chi connectivity index (χ2v) is 9.32. The molecule has 1 aliphatic heterocycles. The van der Waals surface area contributed by atoms with Crippen LogP contribution in [0.4, 0.5) is 5.69 Å². The Labute approximate surface area is 183 Å². The molecule has 1 aliphatic rings. The van der Waals surface area contributed by atoms with Crippen molar-refractivity contribution in [3.63, 3.8) is 0 Å².